The van der Waals surface area contributed by atoms with Crippen LogP contribution in [0.4, 0.5) is 0 Å². The average Bonchev–Trinajstić information content (AvgIpc) is 2.24. The van der Waals surface area contributed by atoms with Gasteiger partial charge in [-0.05, 0) is 6.42 Å². The highest BCUT2D eigenvalue weighted by Gasteiger charge is 2.08. The van der Waals surface area contributed by atoms with E-state index >= 15 is 0 Å². The van der Waals surface area contributed by atoms with Crippen molar-refractivity contribution in [3.8, 4) is 0 Å². The summed E-state index contributed by atoms with van der Waals surface area (Å²) >= 11 is 0. The maximum Gasteiger partial charge on any atom is 0.336 e. The predicted molar refractivity (Wildman–Crippen MR) is 56.0 cm³/mol. The maximum atomic E-state index is 11.5. The van der Waals surface area contributed by atoms with E-state index in [4.69, 9.17) is 0 Å². The largest absolute Gasteiger partial charge is 0.336 e. The van der Waals surface area contributed by atoms with Crippen molar-refractivity contribution in [2.45, 2.75) is 13.0 Å². The van der Waals surface area contributed by atoms with Crippen molar-refractivity contribution in [2.75, 3.05) is 0 Å². The third-order valence-electron chi connectivity index (χ3n) is 2.17. The molecule has 0 aliphatic heterocycles. The van der Waals surface area contributed by atoms with E-state index in [1.54, 1.807) is 6.08 Å². The van der Waals surface area contributed by atoms with Crippen molar-refractivity contribution < 1.29 is 0 Å². The van der Waals surface area contributed by atoms with Crippen LogP contribution >= 0.6 is 0 Å². The third kappa shape index (κ3) is 1.83. The van der Waals surface area contributed by atoms with Crippen LogP contribution in [0.25, 0.3) is 0 Å². The van der Waals surface area contributed by atoms with Crippen LogP contribution in [0.5, 0.6) is 0 Å². The summed E-state index contributed by atoms with van der Waals surface area (Å²) in [6.45, 7) is 3.74. The van der Waals surface area contributed by atoms with Crippen molar-refractivity contribution >= 4 is 0 Å². The molecule has 0 aliphatic rings. The molecule has 0 aliphatic carbocycles. The molecule has 1 heterocycles. The van der Waals surface area contributed by atoms with E-state index in [1.165, 1.54) is 14.1 Å². The molecule has 0 bridgehead atoms. The van der Waals surface area contributed by atoms with Crippen molar-refractivity contribution in [1.29, 1.82) is 0 Å². The smallest absolute Gasteiger partial charge is 0.248 e. The summed E-state index contributed by atoms with van der Waals surface area (Å²) in [5.74, 6) is 0. The number of rotatable bonds is 3. The average molecular weight is 211 g/mol. The predicted octanol–water partition coefficient (Wildman–Crippen LogP) is -1.18. The number of aromatic nitrogens is 3. The summed E-state index contributed by atoms with van der Waals surface area (Å²) in [4.78, 5) is 34.4. The van der Waals surface area contributed by atoms with Gasteiger partial charge in [-0.25, -0.2) is 28.1 Å². The molecule has 0 aromatic carbocycles. The van der Waals surface area contributed by atoms with Gasteiger partial charge in [-0.2, -0.15) is 0 Å². The molecule has 0 atom stereocenters. The lowest BCUT2D eigenvalue weighted by Gasteiger charge is -2.07. The zero-order valence-electron chi connectivity index (χ0n) is 8.77. The zero-order chi connectivity index (χ0) is 11.6. The Morgan fingerprint density at radius 2 is 1.53 bits per heavy atom. The van der Waals surface area contributed by atoms with E-state index in [1.807, 2.05) is 0 Å². The summed E-state index contributed by atoms with van der Waals surface area (Å²) in [6, 6.07) is 0. The lowest BCUT2D eigenvalue weighted by Crippen LogP contribution is -2.52. The van der Waals surface area contributed by atoms with Crippen LogP contribution in [-0.2, 0) is 20.6 Å². The molecule has 0 radical (unpaired) electrons. The second-order valence-corrected chi connectivity index (χ2v) is 3.19. The molecule has 0 N–H and O–H groups in total. The van der Waals surface area contributed by atoms with E-state index < -0.39 is 17.1 Å². The van der Waals surface area contributed by atoms with Gasteiger partial charge in [-0.15, -0.1) is 6.58 Å². The van der Waals surface area contributed by atoms with Crippen LogP contribution in [0.2, 0.25) is 0 Å². The molecule has 0 saturated heterocycles. The zero-order valence-corrected chi connectivity index (χ0v) is 8.77. The summed E-state index contributed by atoms with van der Waals surface area (Å²) in [5, 5.41) is 0. The molecule has 6 nitrogen and oxygen atoms in total. The molecule has 0 saturated carbocycles. The fourth-order valence-corrected chi connectivity index (χ4v) is 1.24. The highest BCUT2D eigenvalue weighted by molar-refractivity contribution is 4.77. The minimum atomic E-state index is -0.611. The first-order valence-electron chi connectivity index (χ1n) is 4.48. The number of hydrogen-bond acceptors (Lipinski definition) is 3. The van der Waals surface area contributed by atoms with Gasteiger partial charge in [0.05, 0.1) is 0 Å². The molecule has 1 aromatic heterocycles. The third-order valence-corrected chi connectivity index (χ3v) is 2.17. The Bertz CT molecular complexity index is 507. The Morgan fingerprint density at radius 1 is 1.07 bits per heavy atom. The van der Waals surface area contributed by atoms with Crippen LogP contribution in [0, 0.1) is 0 Å². The van der Waals surface area contributed by atoms with Crippen LogP contribution in [0.15, 0.2) is 27.0 Å². The van der Waals surface area contributed by atoms with Gasteiger partial charge >= 0.3 is 17.1 Å². The molecule has 0 amide bonds. The number of allylic oxidation sites excluding steroid dienone is 1. The molecule has 82 valence electrons. The summed E-state index contributed by atoms with van der Waals surface area (Å²) in [7, 11) is 2.68. The fraction of sp³-hybridized carbons (Fsp3) is 0.444. The van der Waals surface area contributed by atoms with E-state index in [2.05, 4.69) is 6.58 Å². The molecule has 6 heteroatoms. The fourth-order valence-electron chi connectivity index (χ4n) is 1.24. The summed E-state index contributed by atoms with van der Waals surface area (Å²) in [5.41, 5.74) is -1.80. The number of hydrogen-bond donors (Lipinski definition) is 0. The van der Waals surface area contributed by atoms with Gasteiger partial charge in [0.1, 0.15) is 0 Å². The van der Waals surface area contributed by atoms with Gasteiger partial charge in [-0.1, -0.05) is 6.08 Å². The first-order valence-corrected chi connectivity index (χ1v) is 4.48. The van der Waals surface area contributed by atoms with Gasteiger partial charge in [0.15, 0.2) is 0 Å². The maximum absolute atomic E-state index is 11.5. The van der Waals surface area contributed by atoms with Gasteiger partial charge in [-0.3, -0.25) is 0 Å². The van der Waals surface area contributed by atoms with Gasteiger partial charge in [0.25, 0.3) is 0 Å². The molecule has 0 unspecified atom stereocenters. The van der Waals surface area contributed by atoms with Crippen molar-refractivity contribution in [3.63, 3.8) is 0 Å². The molecular formula is C9H13N3O3. The van der Waals surface area contributed by atoms with Crippen molar-refractivity contribution in [1.82, 2.24) is 13.7 Å². The van der Waals surface area contributed by atoms with E-state index in [0.717, 1.165) is 13.7 Å². The number of nitrogens with zero attached hydrogens (tertiary/aromatic N) is 3. The topological polar surface area (TPSA) is 66.0 Å². The Balaban J connectivity index is 3.53. The highest BCUT2D eigenvalue weighted by Crippen LogP contribution is 1.81. The molecule has 1 aromatic rings. The summed E-state index contributed by atoms with van der Waals surface area (Å²) in [6.07, 6.45) is 2.12. The summed E-state index contributed by atoms with van der Waals surface area (Å²) < 4.78 is 2.83. The lowest BCUT2D eigenvalue weighted by molar-refractivity contribution is 0.506. The van der Waals surface area contributed by atoms with Crippen molar-refractivity contribution in [3.05, 3.63) is 44.1 Å². The Kier molecular flexibility index (Phi) is 3.08. The Morgan fingerprint density at radius 3 is 1.93 bits per heavy atom. The highest BCUT2D eigenvalue weighted by atomic mass is 16.2. The molecule has 1 rings (SSSR count). The molecule has 0 spiro atoms. The monoisotopic (exact) mass is 211 g/mol. The van der Waals surface area contributed by atoms with Crippen LogP contribution < -0.4 is 17.1 Å². The van der Waals surface area contributed by atoms with Crippen molar-refractivity contribution in [2.24, 2.45) is 14.1 Å². The normalized spacial score (nSPS) is 10.3. The SMILES string of the molecule is C=CCCn1c(=O)n(C)c(=O)n(C)c1=O. The van der Waals surface area contributed by atoms with Crippen LogP contribution in [-0.4, -0.2) is 13.7 Å². The lowest BCUT2D eigenvalue weighted by atomic mass is 10.4. The second-order valence-electron chi connectivity index (χ2n) is 3.19. The van der Waals surface area contributed by atoms with E-state index in [0.29, 0.717) is 6.42 Å². The van der Waals surface area contributed by atoms with Crippen LogP contribution in [0.1, 0.15) is 6.42 Å². The standard InChI is InChI=1S/C9H13N3O3/c1-4-5-6-12-8(14)10(2)7(13)11(3)9(12)15/h4H,1,5-6H2,2-3H3. The molecular weight excluding hydrogens is 198 g/mol. The van der Waals surface area contributed by atoms with Gasteiger partial charge in [0.2, 0.25) is 0 Å². The second kappa shape index (κ2) is 4.12. The van der Waals surface area contributed by atoms with Gasteiger partial charge in [0, 0.05) is 20.6 Å². The minimum Gasteiger partial charge on any atom is -0.248 e. The quantitative estimate of drug-likeness (QED) is 0.591. The Hall–Kier alpha value is -1.85. The Labute approximate surface area is 85.7 Å². The first-order chi connectivity index (χ1) is 7.00. The van der Waals surface area contributed by atoms with E-state index in [-0.39, 0.29) is 6.54 Å². The van der Waals surface area contributed by atoms with Gasteiger partial charge < -0.3 is 0 Å². The molecule has 15 heavy (non-hydrogen) atoms. The first kappa shape index (κ1) is 11.2. The van der Waals surface area contributed by atoms with Crippen LogP contribution in [0.3, 0.4) is 0 Å². The molecule has 0 fully saturated rings. The minimum absolute atomic E-state index is 0.239. The van der Waals surface area contributed by atoms with E-state index in [9.17, 15) is 14.4 Å².